The number of β-amino-alcohol motifs (C(OH)–C–C–N with tert-alkyl or cyclic N) is 1. The molecule has 3 aromatic rings. The number of hydrogen-bond acceptors (Lipinski definition) is 6. The van der Waals surface area contributed by atoms with Crippen molar-refractivity contribution in [2.24, 2.45) is 0 Å². The fraction of sp³-hybridized carbons (Fsp3) is 0.455. The number of sulfonamides is 1. The number of fused-ring (bicyclic) bond motifs is 1. The van der Waals surface area contributed by atoms with Gasteiger partial charge in [-0.1, -0.05) is 0 Å². The maximum Gasteiger partial charge on any atom is 0.242 e. The van der Waals surface area contributed by atoms with Crippen molar-refractivity contribution in [1.82, 2.24) is 18.9 Å². The molecule has 196 valence electrons. The predicted octanol–water partition coefficient (Wildman–Crippen LogP) is 3.14. The average Bonchev–Trinajstić information content (AvgIpc) is 3.60. The van der Waals surface area contributed by atoms with Crippen molar-refractivity contribution < 1.29 is 35.5 Å². The van der Waals surface area contributed by atoms with Crippen LogP contribution in [0.15, 0.2) is 24.4 Å². The van der Waals surface area contributed by atoms with Gasteiger partial charge in [-0.05, 0) is 43.4 Å². The number of aliphatic hydroxyl groups excluding tert-OH is 1. The van der Waals surface area contributed by atoms with Gasteiger partial charge in [0.25, 0.3) is 0 Å². The maximum atomic E-state index is 14.2. The Morgan fingerprint density at radius 1 is 1.08 bits per heavy atom. The van der Waals surface area contributed by atoms with E-state index in [4.69, 9.17) is 5.73 Å². The third-order valence-corrected chi connectivity index (χ3v) is 8.26. The van der Waals surface area contributed by atoms with Crippen molar-refractivity contribution in [2.75, 3.05) is 18.8 Å². The van der Waals surface area contributed by atoms with Crippen LogP contribution in [0.2, 0.25) is 0 Å². The molecule has 3 N–H and O–H groups in total. The summed E-state index contributed by atoms with van der Waals surface area (Å²) in [5.41, 5.74) is 4.26. The van der Waals surface area contributed by atoms with Gasteiger partial charge in [0.2, 0.25) is 22.4 Å². The molecule has 0 amide bonds. The quantitative estimate of drug-likeness (QED) is 0.488. The lowest BCUT2D eigenvalue weighted by Crippen LogP contribution is -2.43. The van der Waals surface area contributed by atoms with Gasteiger partial charge in [0.05, 0.1) is 28.8 Å². The van der Waals surface area contributed by atoms with Gasteiger partial charge >= 0.3 is 0 Å². The Bertz CT molecular complexity index is 1340. The molecule has 2 aliphatic rings. The van der Waals surface area contributed by atoms with E-state index in [0.717, 1.165) is 54.6 Å². The second-order valence-corrected chi connectivity index (χ2v) is 10.9. The summed E-state index contributed by atoms with van der Waals surface area (Å²) in [4.78, 5) is 3.60. The molecule has 1 aliphatic carbocycles. The number of piperidine rings is 1. The summed E-state index contributed by atoms with van der Waals surface area (Å²) in [6, 6.07) is 2.44. The van der Waals surface area contributed by atoms with Gasteiger partial charge in [-0.3, -0.25) is 0 Å². The summed E-state index contributed by atoms with van der Waals surface area (Å²) in [6.45, 7) is 0.898. The Kier molecular flexibility index (Phi) is 7.48. The van der Waals surface area contributed by atoms with Gasteiger partial charge in [-0.25, -0.2) is 39.9 Å². The number of aliphatic hydroxyl groups is 1. The van der Waals surface area contributed by atoms with Crippen LogP contribution in [0, 0.1) is 17.5 Å². The van der Waals surface area contributed by atoms with E-state index in [9.17, 15) is 35.5 Å². The van der Waals surface area contributed by atoms with E-state index in [-0.39, 0.29) is 28.0 Å². The summed E-state index contributed by atoms with van der Waals surface area (Å²) in [5.74, 6) is -3.21. The van der Waals surface area contributed by atoms with Gasteiger partial charge in [0.1, 0.15) is 17.2 Å². The van der Waals surface area contributed by atoms with Crippen molar-refractivity contribution in [3.8, 4) is 11.3 Å². The van der Waals surface area contributed by atoms with Crippen LogP contribution in [-0.4, -0.2) is 63.3 Å². The number of aromatic nitrogens is 3. The molecule has 0 radical (unpaired) electrons. The number of hydrogen-bond donors (Lipinski definition) is 2. The summed E-state index contributed by atoms with van der Waals surface area (Å²) >= 11 is 0. The predicted molar refractivity (Wildman–Crippen MR) is 121 cm³/mol. The highest BCUT2D eigenvalue weighted by atomic mass is 32.2. The molecule has 2 fully saturated rings. The first-order valence-corrected chi connectivity index (χ1v) is 12.7. The lowest BCUT2D eigenvalue weighted by Gasteiger charge is -2.29. The first kappa shape index (κ1) is 26.2. The molecular formula is C22H24F5N5O3S. The highest BCUT2D eigenvalue weighted by Crippen LogP contribution is 2.32. The minimum absolute atomic E-state index is 0.121. The number of nitrogens with two attached hydrogens (primary N) is 1. The molecule has 1 saturated heterocycles. The number of anilines is 1. The highest BCUT2D eigenvalue weighted by Gasteiger charge is 2.41. The molecule has 8 nitrogen and oxygen atoms in total. The van der Waals surface area contributed by atoms with Crippen molar-refractivity contribution in [2.45, 2.75) is 49.9 Å². The highest BCUT2D eigenvalue weighted by molar-refractivity contribution is 7.90. The Morgan fingerprint density at radius 3 is 2.33 bits per heavy atom. The molecule has 3 heterocycles. The van der Waals surface area contributed by atoms with Gasteiger partial charge in [-0.15, -0.1) is 5.10 Å². The Morgan fingerprint density at radius 2 is 1.75 bits per heavy atom. The molecule has 1 saturated carbocycles. The zero-order chi connectivity index (χ0) is 26.2. The fourth-order valence-electron chi connectivity index (χ4n) is 4.04. The van der Waals surface area contributed by atoms with E-state index in [1.54, 1.807) is 0 Å². The first-order chi connectivity index (χ1) is 17.0. The van der Waals surface area contributed by atoms with Crippen molar-refractivity contribution in [3.63, 3.8) is 0 Å². The summed E-state index contributed by atoms with van der Waals surface area (Å²) < 4.78 is 92.7. The van der Waals surface area contributed by atoms with E-state index in [1.807, 2.05) is 0 Å². The van der Waals surface area contributed by atoms with Crippen LogP contribution in [0.3, 0.4) is 0 Å². The van der Waals surface area contributed by atoms with Gasteiger partial charge in [0.15, 0.2) is 5.82 Å². The Balaban J connectivity index is 0.000000197. The smallest absolute Gasteiger partial charge is 0.242 e. The monoisotopic (exact) mass is 533 g/mol. The van der Waals surface area contributed by atoms with E-state index >= 15 is 0 Å². The third kappa shape index (κ3) is 5.60. The molecule has 5 rings (SSSR count). The van der Waals surface area contributed by atoms with E-state index < -0.39 is 52.0 Å². The van der Waals surface area contributed by atoms with Crippen LogP contribution in [-0.2, 0) is 16.4 Å². The van der Waals surface area contributed by atoms with Crippen LogP contribution < -0.4 is 5.73 Å². The minimum Gasteiger partial charge on any atom is -0.392 e. The SMILES string of the molecule is Nc1ncc2c(F)cc(-c3c(F)cc(CC(F)F)cc3F)n2n1.O=S(=O)(C1CC1)N1CCCC(O)C1. The van der Waals surface area contributed by atoms with Gasteiger partial charge < -0.3 is 10.8 Å². The van der Waals surface area contributed by atoms with Crippen LogP contribution in [0.25, 0.3) is 16.8 Å². The Labute approximate surface area is 203 Å². The molecule has 1 aliphatic heterocycles. The molecule has 1 aromatic carbocycles. The Hall–Kier alpha value is -2.84. The summed E-state index contributed by atoms with van der Waals surface area (Å²) in [6.07, 6.45) is 0.212. The number of nitrogens with zero attached hydrogens (tertiary/aromatic N) is 4. The minimum atomic E-state index is -3.05. The van der Waals surface area contributed by atoms with Crippen LogP contribution >= 0.6 is 0 Å². The molecular weight excluding hydrogens is 509 g/mol. The summed E-state index contributed by atoms with van der Waals surface area (Å²) in [5, 5.41) is 12.9. The number of rotatable bonds is 5. The van der Waals surface area contributed by atoms with Crippen LogP contribution in [0.1, 0.15) is 31.2 Å². The lowest BCUT2D eigenvalue weighted by molar-refractivity contribution is 0.108. The number of halogens is 5. The molecule has 0 bridgehead atoms. The van der Waals surface area contributed by atoms with Gasteiger partial charge in [-0.2, -0.15) is 4.31 Å². The van der Waals surface area contributed by atoms with Crippen LogP contribution in [0.5, 0.6) is 0 Å². The van der Waals surface area contributed by atoms with E-state index in [2.05, 4.69) is 10.1 Å². The summed E-state index contributed by atoms with van der Waals surface area (Å²) in [7, 11) is -3.05. The molecule has 0 spiro atoms. The average molecular weight is 534 g/mol. The molecule has 2 aromatic heterocycles. The van der Waals surface area contributed by atoms with E-state index in [1.165, 1.54) is 4.31 Å². The number of alkyl halides is 2. The standard InChI is InChI=1S/C14H9F5N4.C8H15NO3S/c15-7-4-10(23-11(7)5-21-14(20)22-23)13-8(16)1-6(2-9(13)17)3-12(18)19;10-7-2-1-5-9(6-7)13(11,12)8-3-4-8/h1-2,4-5,12H,3H2,(H2,20,22);7-8,10H,1-6H2. The van der Waals surface area contributed by atoms with E-state index in [0.29, 0.717) is 13.1 Å². The van der Waals surface area contributed by atoms with Crippen LogP contribution in [0.4, 0.5) is 27.9 Å². The normalized spacial score (nSPS) is 18.9. The zero-order valence-corrected chi connectivity index (χ0v) is 19.7. The topological polar surface area (TPSA) is 114 Å². The third-order valence-electron chi connectivity index (χ3n) is 5.90. The second kappa shape index (κ2) is 10.3. The second-order valence-electron chi connectivity index (χ2n) is 8.72. The lowest BCUT2D eigenvalue weighted by atomic mass is 10.1. The maximum absolute atomic E-state index is 14.2. The van der Waals surface area contributed by atoms with Crippen molar-refractivity contribution in [3.05, 3.63) is 47.4 Å². The van der Waals surface area contributed by atoms with Crippen molar-refractivity contribution >= 4 is 21.5 Å². The largest absolute Gasteiger partial charge is 0.392 e. The zero-order valence-electron chi connectivity index (χ0n) is 18.9. The molecule has 1 atom stereocenters. The molecule has 1 unspecified atom stereocenters. The number of nitrogen functional groups attached to an aromatic ring is 1. The molecule has 36 heavy (non-hydrogen) atoms. The number of benzene rings is 1. The fourth-order valence-corrected chi connectivity index (χ4v) is 5.96. The first-order valence-electron chi connectivity index (χ1n) is 11.2. The van der Waals surface area contributed by atoms with Gasteiger partial charge in [0, 0.05) is 25.6 Å². The molecule has 14 heteroatoms. The van der Waals surface area contributed by atoms with Crippen molar-refractivity contribution in [1.29, 1.82) is 0 Å².